The smallest absolute Gasteiger partial charge is 0.257 e. The number of amides is 2. The van der Waals surface area contributed by atoms with Crippen molar-refractivity contribution in [2.45, 2.75) is 6.42 Å². The van der Waals surface area contributed by atoms with Gasteiger partial charge in [0.15, 0.2) is 5.13 Å². The minimum atomic E-state index is -1.19. The first-order valence-electron chi connectivity index (χ1n) is 8.54. The number of benzene rings is 1. The van der Waals surface area contributed by atoms with Gasteiger partial charge in [-0.1, -0.05) is 18.2 Å². The maximum absolute atomic E-state index is 12.7. The summed E-state index contributed by atoms with van der Waals surface area (Å²) in [4.78, 5) is 40.5. The molecule has 2 amide bonds. The van der Waals surface area contributed by atoms with Crippen LogP contribution in [-0.2, 0) is 9.59 Å². The van der Waals surface area contributed by atoms with Crippen LogP contribution >= 0.6 is 11.3 Å². The molecule has 1 aromatic heterocycles. The summed E-state index contributed by atoms with van der Waals surface area (Å²) in [6.45, 7) is 0. The Balaban J connectivity index is 1.48. The Morgan fingerprint density at radius 2 is 1.89 bits per heavy atom. The molecule has 4 rings (SSSR count). The highest BCUT2D eigenvalue weighted by molar-refractivity contribution is 7.13. The number of allylic oxidation sites excluding steroid dienone is 2. The molecule has 0 aliphatic heterocycles. The Morgan fingerprint density at radius 1 is 1.11 bits per heavy atom. The van der Waals surface area contributed by atoms with Crippen molar-refractivity contribution in [2.75, 3.05) is 10.6 Å². The molecule has 27 heavy (non-hydrogen) atoms. The largest absolute Gasteiger partial charge is 0.550 e. The van der Waals surface area contributed by atoms with E-state index in [1.165, 1.54) is 11.3 Å². The first-order chi connectivity index (χ1) is 13.0. The number of carboxylic acid groups (broad SMARTS) is 1. The minimum Gasteiger partial charge on any atom is -0.550 e. The fraction of sp³-hybridized carbons (Fsp3) is 0.263. The SMILES string of the molecule is O=C(Nc1nccs1)c1cccc(NC(=O)[C@H]2[C@@H](C(=O)[O-])[C@@H]3C=C[C@H]2C3)c1. The van der Waals surface area contributed by atoms with E-state index >= 15 is 0 Å². The van der Waals surface area contributed by atoms with Crippen LogP contribution in [0.2, 0.25) is 0 Å². The molecule has 0 saturated heterocycles. The molecule has 2 aliphatic carbocycles. The zero-order valence-electron chi connectivity index (χ0n) is 14.1. The summed E-state index contributed by atoms with van der Waals surface area (Å²) in [5, 5.41) is 19.1. The summed E-state index contributed by atoms with van der Waals surface area (Å²) < 4.78 is 0. The molecule has 1 saturated carbocycles. The van der Waals surface area contributed by atoms with Crippen molar-refractivity contribution < 1.29 is 19.5 Å². The molecule has 8 heteroatoms. The molecule has 0 spiro atoms. The number of aromatic nitrogens is 1. The Morgan fingerprint density at radius 3 is 2.59 bits per heavy atom. The average Bonchev–Trinajstić information content (AvgIpc) is 3.38. The Labute approximate surface area is 159 Å². The van der Waals surface area contributed by atoms with Gasteiger partial charge in [0.1, 0.15) is 0 Å². The van der Waals surface area contributed by atoms with E-state index in [1.54, 1.807) is 35.8 Å². The van der Waals surface area contributed by atoms with E-state index in [4.69, 9.17) is 0 Å². The Bertz CT molecular complexity index is 925. The Kier molecular flexibility index (Phi) is 4.49. The molecule has 2 aromatic rings. The highest BCUT2D eigenvalue weighted by atomic mass is 32.1. The number of anilines is 2. The summed E-state index contributed by atoms with van der Waals surface area (Å²) in [7, 11) is 0. The molecule has 2 N–H and O–H groups in total. The highest BCUT2D eigenvalue weighted by Gasteiger charge is 2.48. The minimum absolute atomic E-state index is 0.0886. The van der Waals surface area contributed by atoms with Crippen molar-refractivity contribution in [3.05, 3.63) is 53.6 Å². The normalized spacial score (nSPS) is 25.3. The van der Waals surface area contributed by atoms with Crippen molar-refractivity contribution in [3.8, 4) is 0 Å². The summed E-state index contributed by atoms with van der Waals surface area (Å²) in [5.41, 5.74) is 0.808. The van der Waals surface area contributed by atoms with Crippen molar-refractivity contribution in [1.29, 1.82) is 0 Å². The third kappa shape index (κ3) is 3.35. The van der Waals surface area contributed by atoms with E-state index in [0.717, 1.165) is 0 Å². The maximum atomic E-state index is 12.7. The van der Waals surface area contributed by atoms with E-state index in [-0.39, 0.29) is 23.7 Å². The molecular formula is C19H16N3O4S-. The number of carbonyl (C=O) groups excluding carboxylic acids is 3. The second-order valence-corrected chi connectivity index (χ2v) is 7.57. The number of nitrogens with zero attached hydrogens (tertiary/aromatic N) is 1. The molecule has 7 nitrogen and oxygen atoms in total. The molecule has 0 radical (unpaired) electrons. The van der Waals surface area contributed by atoms with E-state index in [9.17, 15) is 19.5 Å². The lowest BCUT2D eigenvalue weighted by Gasteiger charge is -2.27. The van der Waals surface area contributed by atoms with Crippen LogP contribution in [0.15, 0.2) is 48.0 Å². The van der Waals surface area contributed by atoms with Crippen LogP contribution in [-0.4, -0.2) is 22.8 Å². The number of aliphatic carboxylic acids is 1. The van der Waals surface area contributed by atoms with Crippen molar-refractivity contribution >= 4 is 39.9 Å². The lowest BCUT2D eigenvalue weighted by molar-refractivity contribution is -0.313. The fourth-order valence-electron chi connectivity index (χ4n) is 3.92. The van der Waals surface area contributed by atoms with E-state index in [0.29, 0.717) is 22.8 Å². The zero-order valence-corrected chi connectivity index (χ0v) is 14.9. The third-order valence-electron chi connectivity index (χ3n) is 5.08. The fourth-order valence-corrected chi connectivity index (χ4v) is 4.44. The first kappa shape index (κ1) is 17.4. The topological polar surface area (TPSA) is 111 Å². The predicted octanol–water partition coefficient (Wildman–Crippen LogP) is 1.52. The lowest BCUT2D eigenvalue weighted by atomic mass is 9.82. The van der Waals surface area contributed by atoms with Crippen LogP contribution < -0.4 is 15.7 Å². The van der Waals surface area contributed by atoms with Gasteiger partial charge in [-0.2, -0.15) is 0 Å². The summed E-state index contributed by atoms with van der Waals surface area (Å²) in [6, 6.07) is 6.50. The van der Waals surface area contributed by atoms with Crippen LogP contribution in [0.3, 0.4) is 0 Å². The van der Waals surface area contributed by atoms with Crippen LogP contribution in [0, 0.1) is 23.7 Å². The number of carboxylic acids is 1. The maximum Gasteiger partial charge on any atom is 0.257 e. The van der Waals surface area contributed by atoms with Gasteiger partial charge in [0.25, 0.3) is 5.91 Å². The van der Waals surface area contributed by atoms with Gasteiger partial charge in [-0.25, -0.2) is 4.98 Å². The van der Waals surface area contributed by atoms with Crippen LogP contribution in [0.5, 0.6) is 0 Å². The molecule has 0 unspecified atom stereocenters. The third-order valence-corrected chi connectivity index (χ3v) is 5.77. The van der Waals surface area contributed by atoms with Gasteiger partial charge in [-0.15, -0.1) is 11.3 Å². The summed E-state index contributed by atoms with van der Waals surface area (Å²) >= 11 is 1.31. The number of rotatable bonds is 5. The standard InChI is InChI=1S/C19H17N3O4S/c23-16(22-19-20-6-7-27-19)12-2-1-3-13(9-12)21-17(24)14-10-4-5-11(8-10)15(14)18(25)26/h1-7,9-11,14-15H,8H2,(H,21,24)(H,25,26)(H,20,22,23)/p-1/t10-,11+,14+,15-/m0/s1. The van der Waals surface area contributed by atoms with Gasteiger partial charge in [-0.3, -0.25) is 14.9 Å². The van der Waals surface area contributed by atoms with E-state index < -0.39 is 17.8 Å². The summed E-state index contributed by atoms with van der Waals surface area (Å²) in [5.74, 6) is -3.59. The van der Waals surface area contributed by atoms with Crippen LogP contribution in [0.1, 0.15) is 16.8 Å². The molecule has 4 atom stereocenters. The molecule has 2 bridgehead atoms. The number of fused-ring (bicyclic) bond motifs is 2. The zero-order chi connectivity index (χ0) is 19.0. The van der Waals surface area contributed by atoms with Crippen LogP contribution in [0.25, 0.3) is 0 Å². The molecule has 138 valence electrons. The number of hydrogen-bond donors (Lipinski definition) is 2. The average molecular weight is 382 g/mol. The number of hydrogen-bond acceptors (Lipinski definition) is 6. The van der Waals surface area contributed by atoms with Gasteiger partial charge in [-0.05, 0) is 36.5 Å². The van der Waals surface area contributed by atoms with Crippen molar-refractivity contribution in [3.63, 3.8) is 0 Å². The number of carbonyl (C=O) groups is 3. The molecule has 2 aliphatic rings. The van der Waals surface area contributed by atoms with Gasteiger partial charge in [0, 0.05) is 34.7 Å². The second kappa shape index (κ2) is 6.96. The van der Waals surface area contributed by atoms with Crippen molar-refractivity contribution in [1.82, 2.24) is 4.98 Å². The first-order valence-corrected chi connectivity index (χ1v) is 9.42. The number of nitrogens with one attached hydrogen (secondary N) is 2. The molecule has 1 heterocycles. The quantitative estimate of drug-likeness (QED) is 0.762. The number of thiazole rings is 1. The van der Waals surface area contributed by atoms with E-state index in [1.807, 2.05) is 12.2 Å². The Hall–Kier alpha value is -3.00. The summed E-state index contributed by atoms with van der Waals surface area (Å²) in [6.07, 6.45) is 6.02. The highest BCUT2D eigenvalue weighted by Crippen LogP contribution is 2.48. The molecular weight excluding hydrogens is 366 g/mol. The van der Waals surface area contributed by atoms with Gasteiger partial charge in [0.2, 0.25) is 5.91 Å². The van der Waals surface area contributed by atoms with E-state index in [2.05, 4.69) is 15.6 Å². The van der Waals surface area contributed by atoms with Crippen molar-refractivity contribution in [2.24, 2.45) is 23.7 Å². The lowest BCUT2D eigenvalue weighted by Crippen LogP contribution is -2.42. The predicted molar refractivity (Wildman–Crippen MR) is 97.9 cm³/mol. The second-order valence-electron chi connectivity index (χ2n) is 6.68. The van der Waals surface area contributed by atoms with Crippen LogP contribution in [0.4, 0.5) is 10.8 Å². The van der Waals surface area contributed by atoms with Gasteiger partial charge < -0.3 is 15.2 Å². The molecule has 1 fully saturated rings. The molecule has 1 aromatic carbocycles. The monoisotopic (exact) mass is 382 g/mol. The van der Waals surface area contributed by atoms with Gasteiger partial charge in [0.05, 0.1) is 5.92 Å². The van der Waals surface area contributed by atoms with Gasteiger partial charge >= 0.3 is 0 Å².